The van der Waals surface area contributed by atoms with Crippen molar-refractivity contribution < 1.29 is 44.8 Å². The van der Waals surface area contributed by atoms with E-state index in [4.69, 9.17) is 0 Å². The standard InChI is InChI=1S/2C17H13.CH2.2ClH.Ti/c2*1-13-11-15-9-5-6-10-16(17(15)12-13)14-7-3-2-4-8-14;;;;/h2*2-10,12H,1H3;1H2;2*1H;/q2*-1;;;;+2/p-2. The van der Waals surface area contributed by atoms with Crippen molar-refractivity contribution in [2.45, 2.75) is 13.8 Å². The molecule has 0 unspecified atom stereocenters. The molecule has 2 aromatic carbocycles. The summed E-state index contributed by atoms with van der Waals surface area (Å²) >= 11 is 1.75. The molecule has 0 spiro atoms. The van der Waals surface area contributed by atoms with Gasteiger partial charge in [0.1, 0.15) is 0 Å². The maximum atomic E-state index is 3.39. The van der Waals surface area contributed by atoms with Gasteiger partial charge in [-0.3, -0.25) is 0 Å². The molecule has 4 aliphatic rings. The second kappa shape index (κ2) is 15.4. The topological polar surface area (TPSA) is 0 Å². The minimum absolute atomic E-state index is 0. The molecule has 3 heteroatoms. The van der Waals surface area contributed by atoms with Crippen molar-refractivity contribution >= 4 is 4.82 Å². The summed E-state index contributed by atoms with van der Waals surface area (Å²) in [7, 11) is 0. The van der Waals surface area contributed by atoms with Gasteiger partial charge in [-0.2, -0.15) is 23.3 Å². The molecule has 6 rings (SSSR count). The van der Waals surface area contributed by atoms with Crippen molar-refractivity contribution in [3.63, 3.8) is 0 Å². The Kier molecular flexibility index (Phi) is 12.7. The molecule has 0 N–H and O–H groups in total. The molecular weight excluding hydrogens is 539 g/mol. The largest absolute Gasteiger partial charge is 1.00 e. The average Bonchev–Trinajstić information content (AvgIpc) is 3.33. The number of fused-ring (bicyclic) bond motifs is 2. The number of aryl methyl sites for hydroxylation is 2. The van der Waals surface area contributed by atoms with Crippen LogP contribution in [0.5, 0.6) is 0 Å². The Balaban J connectivity index is 0.000000239. The van der Waals surface area contributed by atoms with Gasteiger partial charge in [-0.15, -0.1) is 58.7 Å². The molecule has 0 heterocycles. The molecule has 0 amide bonds. The summed E-state index contributed by atoms with van der Waals surface area (Å²) < 4.78 is 0. The summed E-state index contributed by atoms with van der Waals surface area (Å²) in [6, 6.07) is 49.1. The summed E-state index contributed by atoms with van der Waals surface area (Å²) in [5.74, 6) is 0. The third kappa shape index (κ3) is 7.53. The van der Waals surface area contributed by atoms with Crippen LogP contribution in [0.4, 0.5) is 0 Å². The van der Waals surface area contributed by atoms with Gasteiger partial charge in [0.15, 0.2) is 0 Å². The number of hydrogen-bond acceptors (Lipinski definition) is 0. The summed E-state index contributed by atoms with van der Waals surface area (Å²) in [4.78, 5) is 3.25. The molecule has 0 radical (unpaired) electrons. The van der Waals surface area contributed by atoms with Crippen molar-refractivity contribution in [1.29, 1.82) is 0 Å². The Morgan fingerprint density at radius 3 is 1.13 bits per heavy atom. The van der Waals surface area contributed by atoms with Crippen molar-refractivity contribution in [3.05, 3.63) is 145 Å². The van der Waals surface area contributed by atoms with Crippen molar-refractivity contribution in [3.8, 4) is 44.5 Å². The van der Waals surface area contributed by atoms with Crippen LogP contribution < -0.4 is 24.8 Å². The predicted molar refractivity (Wildman–Crippen MR) is 151 cm³/mol. The van der Waals surface area contributed by atoms with Crippen molar-refractivity contribution in [2.75, 3.05) is 0 Å². The van der Waals surface area contributed by atoms with Gasteiger partial charge in [0.2, 0.25) is 0 Å². The van der Waals surface area contributed by atoms with Crippen LogP contribution in [-0.4, -0.2) is 4.82 Å². The fourth-order valence-electron chi connectivity index (χ4n) is 4.45. The molecule has 0 saturated heterocycles. The van der Waals surface area contributed by atoms with E-state index in [0.717, 1.165) is 0 Å². The first-order valence-electron chi connectivity index (χ1n) is 12.0. The molecule has 0 saturated carbocycles. The third-order valence-corrected chi connectivity index (χ3v) is 5.99. The van der Waals surface area contributed by atoms with Crippen LogP contribution in [0.2, 0.25) is 0 Å². The van der Waals surface area contributed by atoms with Crippen molar-refractivity contribution in [1.82, 2.24) is 0 Å². The van der Waals surface area contributed by atoms with Gasteiger partial charge in [-0.25, -0.2) is 0 Å². The summed E-state index contributed by atoms with van der Waals surface area (Å²) in [6.45, 7) is 4.18. The monoisotopic (exact) mass is 566 g/mol. The van der Waals surface area contributed by atoms with Crippen LogP contribution in [-0.2, 0) is 20.0 Å². The zero-order valence-corrected chi connectivity index (χ0v) is 24.6. The van der Waals surface area contributed by atoms with Gasteiger partial charge >= 0.3 is 24.8 Å². The zero-order valence-electron chi connectivity index (χ0n) is 21.5. The Bertz CT molecular complexity index is 1370. The predicted octanol–water partition coefficient (Wildman–Crippen LogP) is 3.11. The van der Waals surface area contributed by atoms with Gasteiger partial charge in [0.25, 0.3) is 0 Å². The van der Waals surface area contributed by atoms with E-state index in [1.165, 1.54) is 55.6 Å². The molecule has 0 fully saturated rings. The molecule has 0 aromatic heterocycles. The van der Waals surface area contributed by atoms with Gasteiger partial charge in [-0.1, -0.05) is 110 Å². The molecule has 0 aliphatic heterocycles. The molecule has 0 bridgehead atoms. The first kappa shape index (κ1) is 31.2. The quantitative estimate of drug-likeness (QED) is 0.223. The smallest absolute Gasteiger partial charge is 1.00 e. The normalized spacial score (nSPS) is 9.68. The molecule has 0 atom stereocenters. The van der Waals surface area contributed by atoms with Gasteiger partial charge in [0, 0.05) is 0 Å². The zero-order chi connectivity index (χ0) is 25.3. The second-order valence-corrected chi connectivity index (χ2v) is 8.56. The minimum Gasteiger partial charge on any atom is -1.00 e. The third-order valence-electron chi connectivity index (χ3n) is 5.99. The Morgan fingerprint density at radius 1 is 0.447 bits per heavy atom. The fraction of sp³-hybridized carbons (Fsp3) is 0.0571. The molecule has 0 nitrogen and oxygen atoms in total. The van der Waals surface area contributed by atoms with Crippen LogP contribution in [0.25, 0.3) is 44.5 Å². The van der Waals surface area contributed by atoms with E-state index in [-0.39, 0.29) is 24.8 Å². The Morgan fingerprint density at radius 2 is 0.763 bits per heavy atom. The van der Waals surface area contributed by atoms with Gasteiger partial charge < -0.3 is 24.8 Å². The van der Waals surface area contributed by atoms with E-state index in [2.05, 4.69) is 140 Å². The van der Waals surface area contributed by atoms with Crippen LogP contribution in [0.3, 0.4) is 0 Å². The molecule has 188 valence electrons. The number of hydrogen-bond donors (Lipinski definition) is 0. The summed E-state index contributed by atoms with van der Waals surface area (Å²) in [5, 5.41) is 0. The SMILES string of the molecule is Cc1[c-]c2ccccc(-c3ccccc3)c-2c1.Cc1[c-]c2ccccc(-c3ccccc3)c-2c1.[CH2]=[Ti+2].[Cl-].[Cl-]. The van der Waals surface area contributed by atoms with Crippen LogP contribution in [0.15, 0.2) is 121 Å². The first-order chi connectivity index (χ1) is 17.7. The van der Waals surface area contributed by atoms with E-state index in [0.29, 0.717) is 0 Å². The van der Waals surface area contributed by atoms with E-state index >= 15 is 0 Å². The maximum absolute atomic E-state index is 3.39. The maximum Gasteiger partial charge on any atom is -1.00 e. The van der Waals surface area contributed by atoms with Crippen LogP contribution in [0, 0.1) is 26.0 Å². The molecule has 38 heavy (non-hydrogen) atoms. The van der Waals surface area contributed by atoms with Gasteiger partial charge in [0.05, 0.1) is 0 Å². The first-order valence-corrected chi connectivity index (χ1v) is 13.1. The molecule has 2 aromatic rings. The fourth-order valence-corrected chi connectivity index (χ4v) is 4.45. The van der Waals surface area contributed by atoms with E-state index in [1.807, 2.05) is 12.1 Å². The number of halogens is 2. The number of rotatable bonds is 2. The Labute approximate surface area is 251 Å². The van der Waals surface area contributed by atoms with Crippen LogP contribution in [0.1, 0.15) is 11.1 Å². The summed E-state index contributed by atoms with van der Waals surface area (Å²) in [5.41, 5.74) is 12.4. The Hall–Kier alpha value is -3.00. The van der Waals surface area contributed by atoms with Crippen molar-refractivity contribution in [2.24, 2.45) is 0 Å². The van der Waals surface area contributed by atoms with E-state index in [9.17, 15) is 0 Å². The minimum atomic E-state index is 0. The van der Waals surface area contributed by atoms with E-state index < -0.39 is 0 Å². The number of benzene rings is 2. The second-order valence-electron chi connectivity index (χ2n) is 8.56. The van der Waals surface area contributed by atoms with Crippen LogP contribution >= 0.6 is 0 Å². The summed E-state index contributed by atoms with van der Waals surface area (Å²) in [6.07, 6.45) is 0. The average molecular weight is 567 g/mol. The molecule has 4 aliphatic carbocycles. The van der Waals surface area contributed by atoms with Gasteiger partial charge in [-0.05, 0) is 11.1 Å². The van der Waals surface area contributed by atoms with E-state index in [1.54, 1.807) is 20.0 Å². The molecular formula is C35H28Cl2Ti-2.